The van der Waals surface area contributed by atoms with E-state index in [1.165, 1.54) is 0 Å². The van der Waals surface area contributed by atoms with Crippen LogP contribution in [0.5, 0.6) is 0 Å². The fourth-order valence-corrected chi connectivity index (χ4v) is 9.67. The molecule has 2 amide bonds. The first-order chi connectivity index (χ1) is 20.4. The number of carbonyl (C=O) groups is 3. The number of rotatable bonds is 2. The van der Waals surface area contributed by atoms with Gasteiger partial charge in [-0.2, -0.15) is 5.26 Å². The van der Waals surface area contributed by atoms with Gasteiger partial charge in [0.05, 0.1) is 5.57 Å². The molecule has 0 heterocycles. The Morgan fingerprint density at radius 3 is 2.18 bits per heavy atom. The molecule has 0 saturated heterocycles. The Kier molecular flexibility index (Phi) is 7.84. The first kappa shape index (κ1) is 32.2. The maximum atomic E-state index is 14.3. The number of nitrogens with one attached hydrogen (secondary N) is 2. The van der Waals surface area contributed by atoms with Gasteiger partial charge in [-0.3, -0.25) is 9.59 Å². The molecule has 1 aromatic carbocycles. The van der Waals surface area contributed by atoms with Crippen molar-refractivity contribution in [2.75, 3.05) is 5.32 Å². The number of anilines is 1. The van der Waals surface area contributed by atoms with Gasteiger partial charge in [0.15, 0.2) is 11.6 Å². The lowest BCUT2D eigenvalue weighted by molar-refractivity contribution is -0.139. The Bertz CT molecular complexity index is 1470. The minimum absolute atomic E-state index is 0.0129. The quantitative estimate of drug-likeness (QED) is 0.357. The molecule has 0 spiro atoms. The fraction of sp³-hybridized carbons (Fsp3) is 0.632. The molecule has 0 radical (unpaired) electrons. The molecule has 4 aliphatic rings. The molecule has 2 N–H and O–H groups in total. The molecule has 2 saturated carbocycles. The molecule has 0 bridgehead atoms. The van der Waals surface area contributed by atoms with Crippen molar-refractivity contribution >= 4 is 23.3 Å². The monoisotopic (exact) mass is 597 g/mol. The molecular weight excluding hydrogens is 546 g/mol. The minimum Gasteiger partial charge on any atom is -0.333 e. The van der Waals surface area contributed by atoms with Crippen molar-refractivity contribution in [2.45, 2.75) is 112 Å². The molecule has 236 valence electrons. The van der Waals surface area contributed by atoms with Crippen molar-refractivity contribution in [3.05, 3.63) is 53.6 Å². The van der Waals surface area contributed by atoms with Crippen molar-refractivity contribution in [3.63, 3.8) is 0 Å². The molecule has 4 aliphatic carbocycles. The van der Waals surface area contributed by atoms with Crippen LogP contribution >= 0.6 is 0 Å². The SMILES string of the molecule is CC1(C)CCC2C(=O)C=C3[C@@]4(C)C=C(C#N)C(=O)C(C)(C)[C@@H]4CC[C@@]3(C)[C@]2(C)CC[C@@](C)(NC(=O)Nc2ccccc2)CC1. The lowest BCUT2D eigenvalue weighted by Gasteiger charge is -2.65. The van der Waals surface area contributed by atoms with E-state index >= 15 is 0 Å². The second-order valence-electron chi connectivity index (χ2n) is 16.6. The third-order valence-corrected chi connectivity index (χ3v) is 12.9. The number of nitrogens with zero attached hydrogens (tertiary/aromatic N) is 1. The molecule has 6 atom stereocenters. The zero-order valence-electron chi connectivity index (χ0n) is 28.0. The van der Waals surface area contributed by atoms with E-state index in [-0.39, 0.29) is 51.3 Å². The average Bonchev–Trinajstić information content (AvgIpc) is 2.94. The van der Waals surface area contributed by atoms with Gasteiger partial charge in [-0.15, -0.1) is 0 Å². The van der Waals surface area contributed by atoms with E-state index < -0.39 is 16.4 Å². The van der Waals surface area contributed by atoms with Crippen LogP contribution in [0.15, 0.2) is 53.6 Å². The van der Waals surface area contributed by atoms with E-state index in [4.69, 9.17) is 0 Å². The summed E-state index contributed by atoms with van der Waals surface area (Å²) in [6.07, 6.45) is 10.7. The molecule has 0 aromatic heterocycles. The van der Waals surface area contributed by atoms with Crippen molar-refractivity contribution in [1.82, 2.24) is 5.32 Å². The minimum atomic E-state index is -0.688. The summed E-state index contributed by atoms with van der Waals surface area (Å²) in [7, 11) is 0. The normalized spacial score (nSPS) is 38.0. The number of carbonyl (C=O) groups excluding carboxylic acids is 3. The van der Waals surface area contributed by atoms with Crippen LogP contribution in [-0.4, -0.2) is 23.1 Å². The van der Waals surface area contributed by atoms with Crippen molar-refractivity contribution in [2.24, 2.45) is 38.9 Å². The lowest BCUT2D eigenvalue weighted by Crippen LogP contribution is -2.60. The molecular formula is C38H51N3O3. The number of para-hydroxylation sites is 1. The Morgan fingerprint density at radius 2 is 1.52 bits per heavy atom. The summed E-state index contributed by atoms with van der Waals surface area (Å²) in [5.74, 6) is -0.0291. The Hall–Kier alpha value is -3.20. The maximum absolute atomic E-state index is 14.3. The predicted octanol–water partition coefficient (Wildman–Crippen LogP) is 8.56. The second-order valence-corrected chi connectivity index (χ2v) is 16.6. The molecule has 1 aromatic rings. The number of nitriles is 1. The summed E-state index contributed by atoms with van der Waals surface area (Å²) in [6.45, 7) is 17.5. The van der Waals surface area contributed by atoms with Crippen LogP contribution in [-0.2, 0) is 9.59 Å². The van der Waals surface area contributed by atoms with E-state index in [1.54, 1.807) is 0 Å². The standard InChI is InChI=1S/C38H51N3O3/c1-33(2)16-14-27-28(42)22-30-36(6)23-25(24-39)31(43)34(3,4)29(36)15-17-38(30,8)37(27,7)21-20-35(5,19-18-33)41-32(44)40-26-12-10-9-11-13-26/h9-13,22-23,27,29H,14-21H2,1-8H3,(H2,40,41,44)/t27?,29-,35-,36-,37+,38+/m0/s1. The van der Waals surface area contributed by atoms with Gasteiger partial charge in [0.1, 0.15) is 6.07 Å². The summed E-state index contributed by atoms with van der Waals surface area (Å²) in [5.41, 5.74) is -0.303. The second kappa shape index (κ2) is 10.7. The van der Waals surface area contributed by atoms with Gasteiger partial charge >= 0.3 is 6.03 Å². The summed E-state index contributed by atoms with van der Waals surface area (Å²) in [5, 5.41) is 16.3. The van der Waals surface area contributed by atoms with E-state index in [9.17, 15) is 19.6 Å². The van der Waals surface area contributed by atoms with Gasteiger partial charge in [0, 0.05) is 28.0 Å². The van der Waals surface area contributed by atoms with Gasteiger partial charge < -0.3 is 10.6 Å². The van der Waals surface area contributed by atoms with E-state index in [2.05, 4.69) is 58.2 Å². The largest absolute Gasteiger partial charge is 0.333 e. The van der Waals surface area contributed by atoms with Crippen LogP contribution < -0.4 is 10.6 Å². The van der Waals surface area contributed by atoms with Gasteiger partial charge in [0.25, 0.3) is 0 Å². The number of benzene rings is 1. The number of ketones is 2. The molecule has 6 heteroatoms. The highest BCUT2D eigenvalue weighted by atomic mass is 16.2. The van der Waals surface area contributed by atoms with Gasteiger partial charge in [-0.05, 0) is 98.7 Å². The number of urea groups is 1. The average molecular weight is 598 g/mol. The zero-order chi connectivity index (χ0) is 32.3. The van der Waals surface area contributed by atoms with Crippen LogP contribution in [0.25, 0.3) is 0 Å². The molecule has 0 aliphatic heterocycles. The van der Waals surface area contributed by atoms with Crippen molar-refractivity contribution < 1.29 is 14.4 Å². The third-order valence-electron chi connectivity index (χ3n) is 12.9. The molecule has 2 fully saturated rings. The number of hydrogen-bond acceptors (Lipinski definition) is 4. The zero-order valence-corrected chi connectivity index (χ0v) is 28.0. The van der Waals surface area contributed by atoms with Crippen LogP contribution in [0.2, 0.25) is 0 Å². The van der Waals surface area contributed by atoms with Crippen LogP contribution in [0, 0.1) is 50.2 Å². The van der Waals surface area contributed by atoms with Crippen LogP contribution in [0.4, 0.5) is 10.5 Å². The van der Waals surface area contributed by atoms with Crippen LogP contribution in [0.3, 0.4) is 0 Å². The third kappa shape index (κ3) is 5.15. The summed E-state index contributed by atoms with van der Waals surface area (Å²) in [6, 6.07) is 11.5. The number of hydrogen-bond donors (Lipinski definition) is 2. The predicted molar refractivity (Wildman–Crippen MR) is 175 cm³/mol. The Balaban J connectivity index is 1.55. The fourth-order valence-electron chi connectivity index (χ4n) is 9.67. The first-order valence-electron chi connectivity index (χ1n) is 16.5. The number of allylic oxidation sites excluding steroid dienone is 4. The topological polar surface area (TPSA) is 99.1 Å². The Morgan fingerprint density at radius 1 is 0.864 bits per heavy atom. The highest BCUT2D eigenvalue weighted by molar-refractivity contribution is 6.04. The summed E-state index contributed by atoms with van der Waals surface area (Å²) >= 11 is 0. The molecule has 5 rings (SSSR count). The van der Waals surface area contributed by atoms with E-state index in [0.717, 1.165) is 62.6 Å². The lowest BCUT2D eigenvalue weighted by atomic mass is 9.38. The first-order valence-corrected chi connectivity index (χ1v) is 16.5. The number of fused-ring (bicyclic) bond motifs is 5. The van der Waals surface area contributed by atoms with Gasteiger partial charge in [0.2, 0.25) is 0 Å². The highest BCUT2D eigenvalue weighted by Gasteiger charge is 2.65. The Labute approximate surface area is 264 Å². The van der Waals surface area contributed by atoms with Gasteiger partial charge in [-0.25, -0.2) is 4.79 Å². The summed E-state index contributed by atoms with van der Waals surface area (Å²) < 4.78 is 0. The maximum Gasteiger partial charge on any atom is 0.319 e. The number of amides is 2. The van der Waals surface area contributed by atoms with E-state index in [0.29, 0.717) is 0 Å². The molecule has 6 nitrogen and oxygen atoms in total. The van der Waals surface area contributed by atoms with Crippen molar-refractivity contribution in [1.29, 1.82) is 5.26 Å². The highest BCUT2D eigenvalue weighted by Crippen LogP contribution is 2.70. The van der Waals surface area contributed by atoms with E-state index in [1.807, 2.05) is 56.3 Å². The van der Waals surface area contributed by atoms with Crippen molar-refractivity contribution in [3.8, 4) is 6.07 Å². The smallest absolute Gasteiger partial charge is 0.319 e. The van der Waals surface area contributed by atoms with Crippen LogP contribution in [0.1, 0.15) is 107 Å². The molecule has 44 heavy (non-hydrogen) atoms. The molecule has 1 unspecified atom stereocenters. The summed E-state index contributed by atoms with van der Waals surface area (Å²) in [4.78, 5) is 41.0. The van der Waals surface area contributed by atoms with Gasteiger partial charge in [-0.1, -0.05) is 78.3 Å². The number of Topliss-reactive ketones (excluding diaryl/α,β-unsaturated/α-hetero) is 1.